The number of esters is 1. The molecular formula is C17H17BrO5S. The Labute approximate surface area is 152 Å². The van der Waals surface area contributed by atoms with Crippen molar-refractivity contribution in [1.29, 1.82) is 0 Å². The van der Waals surface area contributed by atoms with Crippen molar-refractivity contribution in [1.82, 2.24) is 0 Å². The molecule has 128 valence electrons. The first-order chi connectivity index (χ1) is 11.4. The number of Topliss-reactive ketones (excluding diaryl/α,β-unsaturated/α-hetero) is 1. The standard InChI is InChI=1S/C17H17BrO5S/c1-10(2)23-13-5-4-11(8-14(13)21-3)17(20)22-9-12(19)15-6-7-16(18)24-15/h4-8,10H,9H2,1-3H3. The van der Waals surface area contributed by atoms with Gasteiger partial charge in [0.15, 0.2) is 18.1 Å². The third-order valence-corrected chi connectivity index (χ3v) is 4.61. The van der Waals surface area contributed by atoms with Gasteiger partial charge in [0.2, 0.25) is 5.78 Å². The van der Waals surface area contributed by atoms with Crippen LogP contribution in [0.2, 0.25) is 0 Å². The maximum absolute atomic E-state index is 12.1. The van der Waals surface area contributed by atoms with Gasteiger partial charge in [0.05, 0.1) is 27.4 Å². The number of hydrogen-bond donors (Lipinski definition) is 0. The first kappa shape index (κ1) is 18.5. The van der Waals surface area contributed by atoms with Crippen LogP contribution in [0.3, 0.4) is 0 Å². The predicted molar refractivity (Wildman–Crippen MR) is 95.4 cm³/mol. The molecule has 0 N–H and O–H groups in total. The largest absolute Gasteiger partial charge is 0.493 e. The molecule has 5 nitrogen and oxygen atoms in total. The summed E-state index contributed by atoms with van der Waals surface area (Å²) in [6.45, 7) is 3.49. The highest BCUT2D eigenvalue weighted by atomic mass is 79.9. The van der Waals surface area contributed by atoms with Crippen molar-refractivity contribution in [2.75, 3.05) is 13.7 Å². The number of hydrogen-bond acceptors (Lipinski definition) is 6. The van der Waals surface area contributed by atoms with E-state index in [0.29, 0.717) is 21.9 Å². The summed E-state index contributed by atoms with van der Waals surface area (Å²) in [4.78, 5) is 24.6. The van der Waals surface area contributed by atoms with Gasteiger partial charge in [-0.3, -0.25) is 4.79 Å². The van der Waals surface area contributed by atoms with E-state index < -0.39 is 5.97 Å². The van der Waals surface area contributed by atoms with Crippen molar-refractivity contribution >= 4 is 39.0 Å². The third-order valence-electron chi connectivity index (χ3n) is 2.94. The van der Waals surface area contributed by atoms with Gasteiger partial charge in [-0.2, -0.15) is 0 Å². The lowest BCUT2D eigenvalue weighted by atomic mass is 10.2. The second-order valence-corrected chi connectivity index (χ2v) is 7.60. The van der Waals surface area contributed by atoms with Crippen LogP contribution < -0.4 is 9.47 Å². The van der Waals surface area contributed by atoms with E-state index in [0.717, 1.165) is 3.79 Å². The summed E-state index contributed by atoms with van der Waals surface area (Å²) >= 11 is 4.59. The molecule has 1 aromatic carbocycles. The summed E-state index contributed by atoms with van der Waals surface area (Å²) < 4.78 is 16.8. The molecule has 0 aliphatic carbocycles. The highest BCUT2D eigenvalue weighted by molar-refractivity contribution is 9.11. The molecule has 7 heteroatoms. The van der Waals surface area contributed by atoms with E-state index in [1.165, 1.54) is 24.5 Å². The second kappa shape index (κ2) is 8.30. The van der Waals surface area contributed by atoms with Crippen LogP contribution in [0.15, 0.2) is 34.1 Å². The lowest BCUT2D eigenvalue weighted by molar-refractivity contribution is 0.0475. The minimum absolute atomic E-state index is 0.0144. The quantitative estimate of drug-likeness (QED) is 0.499. The summed E-state index contributed by atoms with van der Waals surface area (Å²) in [5.41, 5.74) is 0.295. The number of benzene rings is 1. The predicted octanol–water partition coefficient (Wildman–Crippen LogP) is 4.35. The van der Waals surface area contributed by atoms with E-state index in [-0.39, 0.29) is 18.5 Å². The first-order valence-corrected chi connectivity index (χ1v) is 8.82. The molecule has 1 aromatic heterocycles. The molecule has 0 fully saturated rings. The van der Waals surface area contributed by atoms with E-state index in [2.05, 4.69) is 15.9 Å². The second-order valence-electron chi connectivity index (χ2n) is 5.14. The van der Waals surface area contributed by atoms with Gasteiger partial charge in [-0.1, -0.05) is 0 Å². The Hall–Kier alpha value is -1.86. The molecule has 0 unspecified atom stereocenters. The fourth-order valence-electron chi connectivity index (χ4n) is 1.90. The van der Waals surface area contributed by atoms with Crippen molar-refractivity contribution in [2.45, 2.75) is 20.0 Å². The van der Waals surface area contributed by atoms with Gasteiger partial charge >= 0.3 is 5.97 Å². The van der Waals surface area contributed by atoms with Gasteiger partial charge in [0.1, 0.15) is 0 Å². The van der Waals surface area contributed by atoms with Crippen LogP contribution in [-0.2, 0) is 4.74 Å². The Morgan fingerprint density at radius 2 is 1.92 bits per heavy atom. The molecule has 0 radical (unpaired) electrons. The summed E-state index contributed by atoms with van der Waals surface area (Å²) in [6.07, 6.45) is -0.0144. The lowest BCUT2D eigenvalue weighted by Gasteiger charge is -2.14. The van der Waals surface area contributed by atoms with Crippen LogP contribution in [0.25, 0.3) is 0 Å². The van der Waals surface area contributed by atoms with Crippen molar-refractivity contribution < 1.29 is 23.8 Å². The number of ether oxygens (including phenoxy) is 3. The molecule has 1 heterocycles. The number of carbonyl (C=O) groups is 2. The molecule has 24 heavy (non-hydrogen) atoms. The topological polar surface area (TPSA) is 61.8 Å². The maximum atomic E-state index is 12.1. The number of carbonyl (C=O) groups excluding carboxylic acids is 2. The summed E-state index contributed by atoms with van der Waals surface area (Å²) in [6, 6.07) is 8.22. The molecule has 0 amide bonds. The van der Waals surface area contributed by atoms with Gasteiger partial charge in [0.25, 0.3) is 0 Å². The van der Waals surface area contributed by atoms with Gasteiger partial charge in [-0.15, -0.1) is 11.3 Å². The number of ketones is 1. The van der Waals surface area contributed by atoms with E-state index in [4.69, 9.17) is 14.2 Å². The van der Waals surface area contributed by atoms with Crippen LogP contribution in [-0.4, -0.2) is 31.6 Å². The zero-order valence-electron chi connectivity index (χ0n) is 13.5. The normalized spacial score (nSPS) is 10.5. The molecule has 0 bridgehead atoms. The lowest BCUT2D eigenvalue weighted by Crippen LogP contribution is -2.14. The zero-order valence-corrected chi connectivity index (χ0v) is 15.9. The Morgan fingerprint density at radius 3 is 2.50 bits per heavy atom. The Balaban J connectivity index is 2.03. The van der Waals surface area contributed by atoms with Crippen molar-refractivity contribution in [3.8, 4) is 11.5 Å². The smallest absolute Gasteiger partial charge is 0.338 e. The molecule has 0 aliphatic heterocycles. The maximum Gasteiger partial charge on any atom is 0.338 e. The zero-order chi connectivity index (χ0) is 17.7. The SMILES string of the molecule is COc1cc(C(=O)OCC(=O)c2ccc(Br)s2)ccc1OC(C)C. The van der Waals surface area contributed by atoms with Crippen LogP contribution in [0.4, 0.5) is 0 Å². The Kier molecular flexibility index (Phi) is 6.39. The highest BCUT2D eigenvalue weighted by Crippen LogP contribution is 2.29. The number of thiophene rings is 1. The molecule has 2 aromatic rings. The van der Waals surface area contributed by atoms with Gasteiger partial charge < -0.3 is 14.2 Å². The van der Waals surface area contributed by atoms with Gasteiger partial charge in [0, 0.05) is 0 Å². The van der Waals surface area contributed by atoms with E-state index in [1.54, 1.807) is 24.3 Å². The average molecular weight is 413 g/mol. The van der Waals surface area contributed by atoms with Crippen LogP contribution >= 0.6 is 27.3 Å². The molecule has 0 saturated heterocycles. The number of methoxy groups -OCH3 is 1. The fourth-order valence-corrected chi connectivity index (χ4v) is 3.21. The summed E-state index contributed by atoms with van der Waals surface area (Å²) in [5.74, 6) is 0.148. The minimum Gasteiger partial charge on any atom is -0.493 e. The van der Waals surface area contributed by atoms with Gasteiger partial charge in [-0.25, -0.2) is 4.79 Å². The van der Waals surface area contributed by atoms with E-state index in [1.807, 2.05) is 13.8 Å². The van der Waals surface area contributed by atoms with Crippen molar-refractivity contribution in [3.63, 3.8) is 0 Å². The van der Waals surface area contributed by atoms with Crippen molar-refractivity contribution in [3.05, 3.63) is 44.6 Å². The van der Waals surface area contributed by atoms with Crippen LogP contribution in [0, 0.1) is 0 Å². The third kappa shape index (κ3) is 4.82. The molecule has 0 spiro atoms. The first-order valence-electron chi connectivity index (χ1n) is 7.21. The van der Waals surface area contributed by atoms with Crippen molar-refractivity contribution in [2.24, 2.45) is 0 Å². The van der Waals surface area contributed by atoms with E-state index >= 15 is 0 Å². The minimum atomic E-state index is -0.589. The highest BCUT2D eigenvalue weighted by Gasteiger charge is 2.16. The summed E-state index contributed by atoms with van der Waals surface area (Å²) in [5, 5.41) is 0. The van der Waals surface area contributed by atoms with Gasteiger partial charge in [-0.05, 0) is 60.1 Å². The monoisotopic (exact) mass is 412 g/mol. The summed E-state index contributed by atoms with van der Waals surface area (Å²) in [7, 11) is 1.50. The molecule has 2 rings (SSSR count). The fraction of sp³-hybridized carbons (Fsp3) is 0.294. The molecular weight excluding hydrogens is 396 g/mol. The average Bonchev–Trinajstić information content (AvgIpc) is 2.98. The molecule has 0 saturated carbocycles. The number of halogens is 1. The van der Waals surface area contributed by atoms with Crippen LogP contribution in [0.5, 0.6) is 11.5 Å². The molecule has 0 atom stereocenters. The Morgan fingerprint density at radius 1 is 1.17 bits per heavy atom. The van der Waals surface area contributed by atoms with E-state index in [9.17, 15) is 9.59 Å². The molecule has 0 aliphatic rings. The number of rotatable bonds is 7. The van der Waals surface area contributed by atoms with Crippen LogP contribution in [0.1, 0.15) is 33.9 Å². The Bertz CT molecular complexity index is 738.